The summed E-state index contributed by atoms with van der Waals surface area (Å²) in [6.07, 6.45) is 3.45. The third kappa shape index (κ3) is 4.68. The lowest BCUT2D eigenvalue weighted by Crippen LogP contribution is -2.29. The first-order valence-corrected chi connectivity index (χ1v) is 7.43. The molecule has 1 aliphatic rings. The fourth-order valence-corrected chi connectivity index (χ4v) is 2.74. The molecule has 106 valence electrons. The van der Waals surface area contributed by atoms with Gasteiger partial charge in [-0.2, -0.15) is 0 Å². The molecule has 1 N–H and O–H groups in total. The highest BCUT2D eigenvalue weighted by molar-refractivity contribution is 6.31. The number of benzene rings is 1. The summed E-state index contributed by atoms with van der Waals surface area (Å²) in [6, 6.07) is 5.95. The van der Waals surface area contributed by atoms with Crippen LogP contribution < -0.4 is 10.1 Å². The summed E-state index contributed by atoms with van der Waals surface area (Å²) in [4.78, 5) is 2.54. The highest BCUT2D eigenvalue weighted by Crippen LogP contribution is 2.23. The molecule has 1 aromatic rings. The van der Waals surface area contributed by atoms with E-state index >= 15 is 0 Å². The molecular formula is C15H23ClN2O. The SMILES string of the molecule is COc1ccc(CCCN2CCCNCC2)c(Cl)c1. The topological polar surface area (TPSA) is 24.5 Å². The highest BCUT2D eigenvalue weighted by Gasteiger charge is 2.08. The van der Waals surface area contributed by atoms with E-state index in [4.69, 9.17) is 16.3 Å². The second-order valence-electron chi connectivity index (χ2n) is 5.01. The molecule has 0 radical (unpaired) electrons. The molecule has 0 aromatic heterocycles. The van der Waals surface area contributed by atoms with Gasteiger partial charge in [0.25, 0.3) is 0 Å². The van der Waals surface area contributed by atoms with Gasteiger partial charge >= 0.3 is 0 Å². The lowest BCUT2D eigenvalue weighted by atomic mass is 10.1. The van der Waals surface area contributed by atoms with Crippen molar-refractivity contribution in [3.05, 3.63) is 28.8 Å². The molecule has 19 heavy (non-hydrogen) atoms. The number of halogens is 1. The molecule has 3 nitrogen and oxygen atoms in total. The van der Waals surface area contributed by atoms with Crippen molar-refractivity contribution in [3.8, 4) is 5.75 Å². The van der Waals surface area contributed by atoms with Crippen LogP contribution in [0.25, 0.3) is 0 Å². The normalized spacial score (nSPS) is 17.2. The monoisotopic (exact) mass is 282 g/mol. The van der Waals surface area contributed by atoms with Gasteiger partial charge in [0, 0.05) is 18.1 Å². The minimum atomic E-state index is 0.817. The number of methoxy groups -OCH3 is 1. The lowest BCUT2D eigenvalue weighted by Gasteiger charge is -2.19. The Labute approximate surface area is 120 Å². The van der Waals surface area contributed by atoms with Crippen LogP contribution in [0.15, 0.2) is 18.2 Å². The molecule has 2 rings (SSSR count). The van der Waals surface area contributed by atoms with E-state index in [9.17, 15) is 0 Å². The molecule has 0 spiro atoms. The molecule has 0 unspecified atom stereocenters. The number of hydrogen-bond acceptors (Lipinski definition) is 3. The van der Waals surface area contributed by atoms with Gasteiger partial charge in [-0.25, -0.2) is 0 Å². The third-order valence-electron chi connectivity index (χ3n) is 3.61. The van der Waals surface area contributed by atoms with Crippen molar-refractivity contribution in [2.45, 2.75) is 19.3 Å². The first-order chi connectivity index (χ1) is 9.29. The summed E-state index contributed by atoms with van der Waals surface area (Å²) < 4.78 is 5.16. The first kappa shape index (κ1) is 14.6. The Bertz CT molecular complexity index is 390. The summed E-state index contributed by atoms with van der Waals surface area (Å²) in [6.45, 7) is 5.80. The molecular weight excluding hydrogens is 260 g/mol. The van der Waals surface area contributed by atoms with E-state index < -0.39 is 0 Å². The van der Waals surface area contributed by atoms with Crippen molar-refractivity contribution in [2.75, 3.05) is 39.8 Å². The number of hydrogen-bond donors (Lipinski definition) is 1. The Morgan fingerprint density at radius 1 is 1.32 bits per heavy atom. The van der Waals surface area contributed by atoms with Crippen molar-refractivity contribution >= 4 is 11.6 Å². The van der Waals surface area contributed by atoms with Gasteiger partial charge in [-0.3, -0.25) is 0 Å². The highest BCUT2D eigenvalue weighted by atomic mass is 35.5. The van der Waals surface area contributed by atoms with E-state index in [1.165, 1.54) is 18.5 Å². The number of nitrogens with one attached hydrogen (secondary N) is 1. The Hall–Kier alpha value is -0.770. The Morgan fingerprint density at radius 3 is 3.00 bits per heavy atom. The van der Waals surface area contributed by atoms with Gasteiger partial charge in [0.2, 0.25) is 0 Å². The zero-order valence-corrected chi connectivity index (χ0v) is 12.4. The molecule has 0 amide bonds. The van der Waals surface area contributed by atoms with Crippen molar-refractivity contribution in [2.24, 2.45) is 0 Å². The van der Waals surface area contributed by atoms with Crippen molar-refractivity contribution < 1.29 is 4.74 Å². The molecule has 1 aromatic carbocycles. The van der Waals surface area contributed by atoms with Crippen LogP contribution in [0.4, 0.5) is 0 Å². The largest absolute Gasteiger partial charge is 0.497 e. The maximum atomic E-state index is 6.25. The molecule has 1 aliphatic heterocycles. The lowest BCUT2D eigenvalue weighted by molar-refractivity contribution is 0.289. The Kier molecular flexibility index (Phi) is 5.95. The molecule has 0 saturated carbocycles. The Morgan fingerprint density at radius 2 is 2.21 bits per heavy atom. The molecule has 0 aliphatic carbocycles. The summed E-state index contributed by atoms with van der Waals surface area (Å²) in [7, 11) is 1.67. The van der Waals surface area contributed by atoms with Gasteiger partial charge < -0.3 is 15.0 Å². The molecule has 4 heteroatoms. The maximum Gasteiger partial charge on any atom is 0.120 e. The molecule has 1 fully saturated rings. The van der Waals surface area contributed by atoms with Gasteiger partial charge in [-0.1, -0.05) is 17.7 Å². The van der Waals surface area contributed by atoms with E-state index in [1.54, 1.807) is 7.11 Å². The average Bonchev–Trinajstić information content (AvgIpc) is 2.69. The molecule has 1 saturated heterocycles. The Balaban J connectivity index is 1.78. The van der Waals surface area contributed by atoms with Crippen molar-refractivity contribution in [1.29, 1.82) is 0 Å². The van der Waals surface area contributed by atoms with Crippen molar-refractivity contribution in [1.82, 2.24) is 10.2 Å². The predicted molar refractivity (Wildman–Crippen MR) is 80.3 cm³/mol. The minimum Gasteiger partial charge on any atom is -0.497 e. The fourth-order valence-electron chi connectivity index (χ4n) is 2.48. The van der Waals surface area contributed by atoms with Crippen LogP contribution in [0, 0.1) is 0 Å². The van der Waals surface area contributed by atoms with Gasteiger partial charge in [0.1, 0.15) is 5.75 Å². The zero-order chi connectivity index (χ0) is 13.5. The first-order valence-electron chi connectivity index (χ1n) is 7.05. The second kappa shape index (κ2) is 7.73. The van der Waals surface area contributed by atoms with E-state index in [1.807, 2.05) is 12.1 Å². The second-order valence-corrected chi connectivity index (χ2v) is 5.41. The summed E-state index contributed by atoms with van der Waals surface area (Å²) in [5, 5.41) is 4.25. The van der Waals surface area contributed by atoms with E-state index in [0.29, 0.717) is 0 Å². The number of rotatable bonds is 5. The number of ether oxygens (including phenoxy) is 1. The van der Waals surface area contributed by atoms with Gasteiger partial charge in [-0.15, -0.1) is 0 Å². The van der Waals surface area contributed by atoms with Crippen LogP contribution in [0.3, 0.4) is 0 Å². The smallest absolute Gasteiger partial charge is 0.120 e. The van der Waals surface area contributed by atoms with Gasteiger partial charge in [-0.05, 0) is 56.6 Å². The molecule has 1 heterocycles. The number of nitrogens with zero attached hydrogens (tertiary/aromatic N) is 1. The zero-order valence-electron chi connectivity index (χ0n) is 11.6. The van der Waals surface area contributed by atoms with E-state index in [2.05, 4.69) is 16.3 Å². The number of aryl methyl sites for hydroxylation is 1. The van der Waals surface area contributed by atoms with Gasteiger partial charge in [0.15, 0.2) is 0 Å². The van der Waals surface area contributed by atoms with Crippen LogP contribution in [0.2, 0.25) is 5.02 Å². The maximum absolute atomic E-state index is 6.25. The van der Waals surface area contributed by atoms with Crippen LogP contribution in [-0.2, 0) is 6.42 Å². The standard InChI is InChI=1S/C15H23ClN2O/c1-19-14-6-5-13(15(16)12-14)4-2-9-18-10-3-7-17-8-11-18/h5-6,12,17H,2-4,7-11H2,1H3. The van der Waals surface area contributed by atoms with Crippen LogP contribution >= 0.6 is 11.6 Å². The van der Waals surface area contributed by atoms with E-state index in [-0.39, 0.29) is 0 Å². The van der Waals surface area contributed by atoms with Crippen LogP contribution in [-0.4, -0.2) is 44.7 Å². The third-order valence-corrected chi connectivity index (χ3v) is 3.97. The summed E-state index contributed by atoms with van der Waals surface area (Å²) in [5.74, 6) is 0.826. The average molecular weight is 283 g/mol. The summed E-state index contributed by atoms with van der Waals surface area (Å²) in [5.41, 5.74) is 1.22. The van der Waals surface area contributed by atoms with E-state index in [0.717, 1.165) is 49.8 Å². The van der Waals surface area contributed by atoms with Crippen LogP contribution in [0.1, 0.15) is 18.4 Å². The molecule has 0 bridgehead atoms. The fraction of sp³-hybridized carbons (Fsp3) is 0.600. The summed E-state index contributed by atoms with van der Waals surface area (Å²) >= 11 is 6.25. The minimum absolute atomic E-state index is 0.817. The van der Waals surface area contributed by atoms with Crippen LogP contribution in [0.5, 0.6) is 5.75 Å². The van der Waals surface area contributed by atoms with Crippen molar-refractivity contribution in [3.63, 3.8) is 0 Å². The quantitative estimate of drug-likeness (QED) is 0.898. The molecule has 0 atom stereocenters. The van der Waals surface area contributed by atoms with Gasteiger partial charge in [0.05, 0.1) is 7.11 Å². The predicted octanol–water partition coefficient (Wildman–Crippen LogP) is 2.58.